The van der Waals surface area contributed by atoms with Gasteiger partial charge in [0.25, 0.3) is 0 Å². The van der Waals surface area contributed by atoms with E-state index in [9.17, 15) is 5.26 Å². The van der Waals surface area contributed by atoms with Crippen LogP contribution in [-0.4, -0.2) is 21.6 Å². The average Bonchev–Trinajstić information content (AvgIpc) is 3.52. The van der Waals surface area contributed by atoms with Crippen LogP contribution in [0.1, 0.15) is 62.7 Å². The van der Waals surface area contributed by atoms with Crippen LogP contribution in [0.5, 0.6) is 5.75 Å². The molecule has 1 aliphatic carbocycles. The second-order valence-electron chi connectivity index (χ2n) is 9.25. The fraction of sp³-hybridized carbons (Fsp3) is 0.458. The number of hydrogen-bond donors (Lipinski definition) is 2. The molecule has 6 nitrogen and oxygen atoms in total. The van der Waals surface area contributed by atoms with E-state index in [1.807, 2.05) is 26.0 Å². The van der Waals surface area contributed by atoms with E-state index in [1.54, 1.807) is 6.33 Å². The summed E-state index contributed by atoms with van der Waals surface area (Å²) in [5.74, 6) is 2.66. The van der Waals surface area contributed by atoms with Gasteiger partial charge < -0.3 is 15.0 Å². The number of fused-ring (bicyclic) bond motifs is 2. The maximum absolute atomic E-state index is 9.44. The number of para-hydroxylation sites is 1. The molecule has 2 atom stereocenters. The van der Waals surface area contributed by atoms with Crippen LogP contribution in [0.25, 0.3) is 11.0 Å². The molecule has 0 bridgehead atoms. The van der Waals surface area contributed by atoms with E-state index in [1.165, 1.54) is 18.5 Å². The number of nitriles is 1. The summed E-state index contributed by atoms with van der Waals surface area (Å²) in [5.41, 5.74) is 2.95. The molecule has 0 spiro atoms. The van der Waals surface area contributed by atoms with Crippen LogP contribution in [0.15, 0.2) is 36.7 Å². The van der Waals surface area contributed by atoms with Crippen LogP contribution in [0, 0.1) is 22.7 Å². The Kier molecular flexibility index (Phi) is 4.62. The molecule has 2 N–H and O–H groups in total. The first-order valence-electron chi connectivity index (χ1n) is 10.8. The first-order valence-corrected chi connectivity index (χ1v) is 10.8. The van der Waals surface area contributed by atoms with Gasteiger partial charge in [0, 0.05) is 17.2 Å². The minimum Gasteiger partial charge on any atom is -0.493 e. The number of rotatable bonds is 6. The summed E-state index contributed by atoms with van der Waals surface area (Å²) in [6, 6.07) is 12.9. The Labute approximate surface area is 176 Å². The van der Waals surface area contributed by atoms with Crippen LogP contribution < -0.4 is 10.1 Å². The molecule has 30 heavy (non-hydrogen) atoms. The molecule has 0 radical (unpaired) electrons. The lowest BCUT2D eigenvalue weighted by molar-refractivity contribution is 0.182. The second-order valence-corrected chi connectivity index (χ2v) is 9.25. The molecule has 5 rings (SSSR count). The fourth-order valence-corrected chi connectivity index (χ4v) is 4.30. The zero-order valence-electron chi connectivity index (χ0n) is 17.5. The Morgan fingerprint density at radius 3 is 2.90 bits per heavy atom. The van der Waals surface area contributed by atoms with Crippen molar-refractivity contribution in [2.45, 2.75) is 51.5 Å². The number of aromatic amines is 1. The van der Waals surface area contributed by atoms with Crippen molar-refractivity contribution in [2.75, 3.05) is 11.9 Å². The van der Waals surface area contributed by atoms with Gasteiger partial charge in [-0.1, -0.05) is 18.2 Å². The summed E-state index contributed by atoms with van der Waals surface area (Å²) in [6.07, 6.45) is 5.84. The second kappa shape index (κ2) is 7.32. The number of anilines is 1. The molecule has 2 aromatic heterocycles. The van der Waals surface area contributed by atoms with Gasteiger partial charge in [0.1, 0.15) is 23.5 Å². The van der Waals surface area contributed by atoms with Gasteiger partial charge in [-0.2, -0.15) is 5.26 Å². The van der Waals surface area contributed by atoms with Crippen LogP contribution >= 0.6 is 0 Å². The minimum absolute atomic E-state index is 0.0711. The third-order valence-corrected chi connectivity index (χ3v) is 6.38. The van der Waals surface area contributed by atoms with Gasteiger partial charge in [0.15, 0.2) is 0 Å². The van der Waals surface area contributed by atoms with Crippen molar-refractivity contribution < 1.29 is 4.74 Å². The monoisotopic (exact) mass is 401 g/mol. The molecule has 1 aromatic carbocycles. The number of benzene rings is 1. The highest BCUT2D eigenvalue weighted by molar-refractivity contribution is 5.88. The molecule has 1 fully saturated rings. The van der Waals surface area contributed by atoms with Gasteiger partial charge in [-0.15, -0.1) is 0 Å². The Morgan fingerprint density at radius 2 is 2.10 bits per heavy atom. The van der Waals surface area contributed by atoms with Crippen LogP contribution in [0.3, 0.4) is 0 Å². The lowest BCUT2D eigenvalue weighted by Gasteiger charge is -2.35. The standard InChI is InChI=1S/C24H27N5O/c1-24(2,13-25)10-9-16-12-30-20-6-4-3-5-17(20)21(16)29-23-18-11-19(15-7-8-15)28-22(18)26-14-27-23/h3-6,11,14-16,21H,7-10,12H2,1-2H3,(H2,26,27,28,29). The molecule has 154 valence electrons. The highest BCUT2D eigenvalue weighted by Gasteiger charge is 2.33. The predicted molar refractivity (Wildman–Crippen MR) is 116 cm³/mol. The smallest absolute Gasteiger partial charge is 0.143 e. The maximum atomic E-state index is 9.44. The van der Waals surface area contributed by atoms with Gasteiger partial charge in [0.05, 0.1) is 29.5 Å². The zero-order chi connectivity index (χ0) is 20.7. The Bertz CT molecular complexity index is 1110. The van der Waals surface area contributed by atoms with E-state index in [4.69, 9.17) is 4.74 Å². The highest BCUT2D eigenvalue weighted by atomic mass is 16.5. The van der Waals surface area contributed by atoms with Gasteiger partial charge >= 0.3 is 0 Å². The van der Waals surface area contributed by atoms with E-state index in [-0.39, 0.29) is 17.4 Å². The third kappa shape index (κ3) is 3.60. The quantitative estimate of drug-likeness (QED) is 0.583. The van der Waals surface area contributed by atoms with E-state index in [2.05, 4.69) is 44.5 Å². The molecule has 1 aliphatic heterocycles. The Hall–Kier alpha value is -3.07. The average molecular weight is 402 g/mol. The fourth-order valence-electron chi connectivity index (χ4n) is 4.30. The summed E-state index contributed by atoms with van der Waals surface area (Å²) in [4.78, 5) is 12.5. The molecular formula is C24H27N5O. The van der Waals surface area contributed by atoms with Crippen molar-refractivity contribution in [3.63, 3.8) is 0 Å². The molecule has 3 heterocycles. The third-order valence-electron chi connectivity index (χ3n) is 6.38. The SMILES string of the molecule is CC(C)(C#N)CCC1COc2ccccc2C1Nc1ncnc2[nH]c(C3CC3)cc12. The number of ether oxygens (including phenoxy) is 1. The highest BCUT2D eigenvalue weighted by Crippen LogP contribution is 2.43. The number of H-pyrrole nitrogens is 1. The molecule has 6 heteroatoms. The first-order chi connectivity index (χ1) is 14.5. The van der Waals surface area contributed by atoms with Crippen molar-refractivity contribution >= 4 is 16.9 Å². The summed E-state index contributed by atoms with van der Waals surface area (Å²) in [6.45, 7) is 4.63. The van der Waals surface area contributed by atoms with Crippen molar-refractivity contribution in [3.05, 3.63) is 47.9 Å². The first kappa shape index (κ1) is 18.9. The summed E-state index contributed by atoms with van der Waals surface area (Å²) in [5, 5.41) is 14.2. The van der Waals surface area contributed by atoms with E-state index >= 15 is 0 Å². The zero-order valence-corrected chi connectivity index (χ0v) is 17.5. The number of aromatic nitrogens is 3. The Morgan fingerprint density at radius 1 is 1.27 bits per heavy atom. The molecule has 0 saturated heterocycles. The molecular weight excluding hydrogens is 374 g/mol. The molecule has 1 saturated carbocycles. The summed E-state index contributed by atoms with van der Waals surface area (Å²) < 4.78 is 6.07. The van der Waals surface area contributed by atoms with Gasteiger partial charge in [-0.05, 0) is 57.6 Å². The van der Waals surface area contributed by atoms with Gasteiger partial charge in [-0.25, -0.2) is 9.97 Å². The Balaban J connectivity index is 1.48. The van der Waals surface area contributed by atoms with E-state index in [0.717, 1.165) is 41.0 Å². The van der Waals surface area contributed by atoms with Crippen LogP contribution in [0.2, 0.25) is 0 Å². The lowest BCUT2D eigenvalue weighted by Crippen LogP contribution is -2.32. The van der Waals surface area contributed by atoms with Crippen molar-refractivity contribution in [1.82, 2.24) is 15.0 Å². The number of nitrogens with zero attached hydrogens (tertiary/aromatic N) is 3. The molecule has 2 unspecified atom stereocenters. The van der Waals surface area contributed by atoms with E-state index < -0.39 is 0 Å². The van der Waals surface area contributed by atoms with Crippen molar-refractivity contribution in [3.8, 4) is 11.8 Å². The van der Waals surface area contributed by atoms with Crippen LogP contribution in [-0.2, 0) is 0 Å². The van der Waals surface area contributed by atoms with Crippen LogP contribution in [0.4, 0.5) is 5.82 Å². The summed E-state index contributed by atoms with van der Waals surface area (Å²) in [7, 11) is 0. The van der Waals surface area contributed by atoms with Gasteiger partial charge in [0.2, 0.25) is 0 Å². The van der Waals surface area contributed by atoms with Crippen molar-refractivity contribution in [1.29, 1.82) is 5.26 Å². The molecule has 3 aromatic rings. The topological polar surface area (TPSA) is 86.6 Å². The minimum atomic E-state index is -0.344. The number of nitrogens with one attached hydrogen (secondary N) is 2. The maximum Gasteiger partial charge on any atom is 0.143 e. The number of hydrogen-bond acceptors (Lipinski definition) is 5. The normalized spacial score (nSPS) is 21.0. The predicted octanol–water partition coefficient (Wildman–Crippen LogP) is 5.33. The van der Waals surface area contributed by atoms with Gasteiger partial charge in [-0.3, -0.25) is 0 Å². The van der Waals surface area contributed by atoms with Crippen molar-refractivity contribution in [2.24, 2.45) is 11.3 Å². The molecule has 0 amide bonds. The largest absolute Gasteiger partial charge is 0.493 e. The lowest BCUT2D eigenvalue weighted by atomic mass is 9.81. The molecule has 2 aliphatic rings. The van der Waals surface area contributed by atoms with E-state index in [0.29, 0.717) is 12.5 Å². The summed E-state index contributed by atoms with van der Waals surface area (Å²) >= 11 is 0.